The van der Waals surface area contributed by atoms with Gasteiger partial charge in [0.15, 0.2) is 0 Å². The Balaban J connectivity index is 1.15. The summed E-state index contributed by atoms with van der Waals surface area (Å²) >= 11 is 0. The predicted octanol–water partition coefficient (Wildman–Crippen LogP) is 15.5. The molecule has 0 unspecified atom stereocenters. The third-order valence-electron chi connectivity index (χ3n) is 12.6. The first-order valence-electron chi connectivity index (χ1n) is 19.6. The fourth-order valence-electron chi connectivity index (χ4n) is 10.2. The molecule has 1 nitrogen and oxygen atoms in total. The number of hydrogen-bond donors (Lipinski definition) is 0. The molecule has 0 atom stereocenters. The molecule has 12 rings (SSSR count). The highest BCUT2D eigenvalue weighted by molar-refractivity contribution is 6.24. The van der Waals surface area contributed by atoms with E-state index in [2.05, 4.69) is 196 Å². The smallest absolute Gasteiger partial charge is 0.143 e. The molecule has 0 radical (unpaired) electrons. The Bertz CT molecular complexity index is 3390. The van der Waals surface area contributed by atoms with Crippen LogP contribution in [0.4, 0.5) is 0 Å². The molecule has 0 N–H and O–H groups in total. The van der Waals surface area contributed by atoms with Gasteiger partial charge in [-0.25, -0.2) is 0 Å². The maximum atomic E-state index is 6.96. The van der Waals surface area contributed by atoms with Crippen LogP contribution in [0.2, 0.25) is 0 Å². The molecule has 1 aliphatic rings. The second-order valence-corrected chi connectivity index (χ2v) is 15.9. The first kappa shape index (κ1) is 31.4. The van der Waals surface area contributed by atoms with Crippen molar-refractivity contribution in [2.24, 2.45) is 0 Å². The standard InChI is InChI=1S/C55H36O/c1-55(2)47-28-12-11-26-44(47)51-46(32-48-52(53(51)55)45-30-29-34-16-4-6-21-38(34)54(45)56-48)35-18-13-19-36(31-35)49-40-22-7-9-24-42(40)50(43-25-10-8-23-41(43)49)39-27-14-17-33-15-3-5-20-37(33)39/h3-32H,1-2H3. The van der Waals surface area contributed by atoms with Crippen LogP contribution in [0.3, 0.4) is 0 Å². The first-order chi connectivity index (χ1) is 27.6. The highest BCUT2D eigenvalue weighted by Gasteiger charge is 2.40. The third-order valence-corrected chi connectivity index (χ3v) is 12.6. The fraction of sp³-hybridized carbons (Fsp3) is 0.0545. The fourth-order valence-corrected chi connectivity index (χ4v) is 10.2. The normalized spacial score (nSPS) is 13.3. The Morgan fingerprint density at radius 2 is 0.929 bits per heavy atom. The minimum atomic E-state index is -0.218. The van der Waals surface area contributed by atoms with Gasteiger partial charge in [0.1, 0.15) is 11.2 Å². The van der Waals surface area contributed by atoms with Crippen LogP contribution >= 0.6 is 0 Å². The summed E-state index contributed by atoms with van der Waals surface area (Å²) in [6, 6.07) is 67.0. The van der Waals surface area contributed by atoms with Gasteiger partial charge in [-0.05, 0) is 112 Å². The quantitative estimate of drug-likeness (QED) is 0.166. The first-order valence-corrected chi connectivity index (χ1v) is 19.6. The summed E-state index contributed by atoms with van der Waals surface area (Å²) in [6.07, 6.45) is 0. The van der Waals surface area contributed by atoms with Crippen LogP contribution < -0.4 is 0 Å². The van der Waals surface area contributed by atoms with Crippen molar-refractivity contribution < 1.29 is 4.42 Å². The molecule has 56 heavy (non-hydrogen) atoms. The summed E-state index contributed by atoms with van der Waals surface area (Å²) in [6.45, 7) is 4.76. The van der Waals surface area contributed by atoms with Gasteiger partial charge < -0.3 is 4.42 Å². The van der Waals surface area contributed by atoms with Crippen LogP contribution in [0.1, 0.15) is 25.0 Å². The van der Waals surface area contributed by atoms with Crippen LogP contribution in [-0.2, 0) is 5.41 Å². The van der Waals surface area contributed by atoms with Gasteiger partial charge in [-0.15, -0.1) is 0 Å². The van der Waals surface area contributed by atoms with Crippen LogP contribution in [0, 0.1) is 0 Å². The van der Waals surface area contributed by atoms with Gasteiger partial charge in [-0.3, -0.25) is 0 Å². The van der Waals surface area contributed by atoms with E-state index in [1.165, 1.54) is 104 Å². The summed E-state index contributed by atoms with van der Waals surface area (Å²) in [5.41, 5.74) is 14.4. The minimum absolute atomic E-state index is 0.218. The summed E-state index contributed by atoms with van der Waals surface area (Å²) in [5.74, 6) is 0. The molecule has 0 saturated heterocycles. The van der Waals surface area contributed by atoms with Crippen molar-refractivity contribution in [1.29, 1.82) is 0 Å². The molecule has 0 aliphatic heterocycles. The van der Waals surface area contributed by atoms with Crippen molar-refractivity contribution >= 4 is 65.0 Å². The van der Waals surface area contributed by atoms with E-state index in [1.54, 1.807) is 0 Å². The lowest BCUT2D eigenvalue weighted by Crippen LogP contribution is -2.15. The lowest BCUT2D eigenvalue weighted by atomic mass is 9.79. The Morgan fingerprint density at radius 1 is 0.375 bits per heavy atom. The second kappa shape index (κ2) is 11.5. The van der Waals surface area contributed by atoms with E-state index >= 15 is 0 Å². The van der Waals surface area contributed by atoms with Crippen molar-refractivity contribution in [3.63, 3.8) is 0 Å². The van der Waals surface area contributed by atoms with E-state index in [0.29, 0.717) is 0 Å². The largest absolute Gasteiger partial charge is 0.455 e. The van der Waals surface area contributed by atoms with E-state index in [4.69, 9.17) is 4.42 Å². The van der Waals surface area contributed by atoms with Crippen LogP contribution in [0.25, 0.3) is 110 Å². The predicted molar refractivity (Wildman–Crippen MR) is 238 cm³/mol. The van der Waals surface area contributed by atoms with Crippen molar-refractivity contribution in [1.82, 2.24) is 0 Å². The number of hydrogen-bond acceptors (Lipinski definition) is 1. The van der Waals surface area contributed by atoms with Crippen LogP contribution in [-0.4, -0.2) is 0 Å². The minimum Gasteiger partial charge on any atom is -0.455 e. The van der Waals surface area contributed by atoms with E-state index in [0.717, 1.165) is 16.6 Å². The van der Waals surface area contributed by atoms with Gasteiger partial charge in [0, 0.05) is 21.6 Å². The van der Waals surface area contributed by atoms with Crippen molar-refractivity contribution in [2.75, 3.05) is 0 Å². The highest BCUT2D eigenvalue weighted by atomic mass is 16.3. The van der Waals surface area contributed by atoms with E-state index < -0.39 is 0 Å². The lowest BCUT2D eigenvalue weighted by molar-refractivity contribution is 0.658. The van der Waals surface area contributed by atoms with Crippen molar-refractivity contribution in [3.05, 3.63) is 193 Å². The SMILES string of the molecule is CC1(C)c2ccccc2-c2c(-c3cccc(-c4c5ccccc5c(-c5cccc6ccccc56)c5ccccc45)c3)cc3oc4c5ccccc5ccc4c3c21. The topological polar surface area (TPSA) is 13.1 Å². The molecule has 1 aromatic heterocycles. The van der Waals surface area contributed by atoms with Gasteiger partial charge in [-0.2, -0.15) is 0 Å². The maximum absolute atomic E-state index is 6.96. The molecule has 10 aromatic carbocycles. The average Bonchev–Trinajstić information content (AvgIpc) is 3.74. The zero-order chi connectivity index (χ0) is 37.1. The number of benzene rings is 10. The summed E-state index contributed by atoms with van der Waals surface area (Å²) in [4.78, 5) is 0. The van der Waals surface area contributed by atoms with Gasteiger partial charge >= 0.3 is 0 Å². The Hall–Kier alpha value is -6.96. The molecule has 1 aliphatic carbocycles. The molecule has 0 saturated carbocycles. The number of furan rings is 1. The Kier molecular flexibility index (Phi) is 6.46. The Labute approximate surface area is 325 Å². The third kappa shape index (κ3) is 4.26. The molecule has 11 aromatic rings. The summed E-state index contributed by atoms with van der Waals surface area (Å²) < 4.78 is 6.96. The summed E-state index contributed by atoms with van der Waals surface area (Å²) in [5, 5.41) is 12.3. The number of fused-ring (bicyclic) bond motifs is 12. The summed E-state index contributed by atoms with van der Waals surface area (Å²) in [7, 11) is 0. The van der Waals surface area contributed by atoms with Gasteiger partial charge in [0.25, 0.3) is 0 Å². The van der Waals surface area contributed by atoms with Crippen LogP contribution in [0.15, 0.2) is 186 Å². The van der Waals surface area contributed by atoms with E-state index in [1.807, 2.05) is 0 Å². The monoisotopic (exact) mass is 712 g/mol. The molecule has 1 heteroatoms. The van der Waals surface area contributed by atoms with Gasteiger partial charge in [0.2, 0.25) is 0 Å². The van der Waals surface area contributed by atoms with Crippen molar-refractivity contribution in [2.45, 2.75) is 19.3 Å². The molecule has 0 spiro atoms. The molecule has 0 amide bonds. The molecular weight excluding hydrogens is 677 g/mol. The van der Waals surface area contributed by atoms with Gasteiger partial charge in [0.05, 0.1) is 0 Å². The van der Waals surface area contributed by atoms with E-state index in [9.17, 15) is 0 Å². The van der Waals surface area contributed by atoms with Crippen molar-refractivity contribution in [3.8, 4) is 44.5 Å². The zero-order valence-electron chi connectivity index (χ0n) is 31.2. The second-order valence-electron chi connectivity index (χ2n) is 15.9. The van der Waals surface area contributed by atoms with Gasteiger partial charge in [-0.1, -0.05) is 178 Å². The number of rotatable bonds is 3. The maximum Gasteiger partial charge on any atom is 0.143 e. The van der Waals surface area contributed by atoms with Crippen LogP contribution in [0.5, 0.6) is 0 Å². The molecule has 262 valence electrons. The van der Waals surface area contributed by atoms with E-state index in [-0.39, 0.29) is 5.41 Å². The molecule has 0 bridgehead atoms. The zero-order valence-corrected chi connectivity index (χ0v) is 31.2. The molecule has 1 heterocycles. The molecular formula is C55H36O. The lowest BCUT2D eigenvalue weighted by Gasteiger charge is -2.23. The Morgan fingerprint density at radius 3 is 1.68 bits per heavy atom. The highest BCUT2D eigenvalue weighted by Crippen LogP contribution is 2.57. The molecule has 0 fully saturated rings. The average molecular weight is 713 g/mol.